The van der Waals surface area contributed by atoms with Crippen LogP contribution in [-0.4, -0.2) is 46.4 Å². The summed E-state index contributed by atoms with van der Waals surface area (Å²) in [5, 5.41) is 2.56. The number of ether oxygens (including phenoxy) is 2. The van der Waals surface area contributed by atoms with Gasteiger partial charge in [-0.2, -0.15) is 8.78 Å². The molecule has 0 spiro atoms. The summed E-state index contributed by atoms with van der Waals surface area (Å²) < 4.78 is 60.3. The predicted octanol–water partition coefficient (Wildman–Crippen LogP) is 2.48. The van der Waals surface area contributed by atoms with Gasteiger partial charge in [0.1, 0.15) is 16.4 Å². The normalized spacial score (nSPS) is 11.5. The smallest absolute Gasteiger partial charge is 0.387 e. The number of rotatable bonds is 8. The molecular formula is C18H20F2N2O5S. The number of halogens is 2. The van der Waals surface area contributed by atoms with Crippen molar-refractivity contribution in [3.63, 3.8) is 0 Å². The van der Waals surface area contributed by atoms with Crippen LogP contribution in [0, 0.1) is 0 Å². The van der Waals surface area contributed by atoms with Crippen molar-refractivity contribution in [2.24, 2.45) is 0 Å². The molecule has 0 aliphatic rings. The summed E-state index contributed by atoms with van der Waals surface area (Å²) in [6, 6.07) is 10.0. The van der Waals surface area contributed by atoms with E-state index in [1.165, 1.54) is 57.6 Å². The molecule has 0 radical (unpaired) electrons. The first kappa shape index (κ1) is 21.6. The number of para-hydroxylation sites is 1. The molecule has 2 rings (SSSR count). The van der Waals surface area contributed by atoms with Gasteiger partial charge in [-0.3, -0.25) is 4.79 Å². The van der Waals surface area contributed by atoms with E-state index in [9.17, 15) is 22.0 Å². The summed E-state index contributed by atoms with van der Waals surface area (Å²) in [5.41, 5.74) is 0.430. The minimum absolute atomic E-state index is 0.0524. The first-order valence-corrected chi connectivity index (χ1v) is 9.52. The molecule has 2 aromatic rings. The van der Waals surface area contributed by atoms with Gasteiger partial charge in [0.05, 0.1) is 7.11 Å². The molecule has 1 N–H and O–H groups in total. The summed E-state index contributed by atoms with van der Waals surface area (Å²) in [6.07, 6.45) is 0. The molecule has 2 aromatic carbocycles. The van der Waals surface area contributed by atoms with Gasteiger partial charge < -0.3 is 14.8 Å². The Labute approximate surface area is 161 Å². The molecule has 28 heavy (non-hydrogen) atoms. The predicted molar refractivity (Wildman–Crippen MR) is 98.1 cm³/mol. The average Bonchev–Trinajstić information content (AvgIpc) is 2.65. The second-order valence-electron chi connectivity index (χ2n) is 5.82. The lowest BCUT2D eigenvalue weighted by molar-refractivity contribution is -0.0504. The van der Waals surface area contributed by atoms with E-state index in [0.29, 0.717) is 5.56 Å². The molecule has 152 valence electrons. The Kier molecular flexibility index (Phi) is 6.92. The van der Waals surface area contributed by atoms with Crippen molar-refractivity contribution >= 4 is 15.9 Å². The van der Waals surface area contributed by atoms with E-state index in [2.05, 4.69) is 10.1 Å². The summed E-state index contributed by atoms with van der Waals surface area (Å²) in [7, 11) is 0.210. The number of sulfonamides is 1. The third kappa shape index (κ3) is 4.96. The summed E-state index contributed by atoms with van der Waals surface area (Å²) in [4.78, 5) is 12.3. The first-order valence-electron chi connectivity index (χ1n) is 8.08. The third-order valence-electron chi connectivity index (χ3n) is 3.81. The number of nitrogens with zero attached hydrogens (tertiary/aromatic N) is 1. The lowest BCUT2D eigenvalue weighted by atomic mass is 10.1. The average molecular weight is 414 g/mol. The van der Waals surface area contributed by atoms with E-state index in [1.807, 2.05) is 0 Å². The molecule has 0 aliphatic heterocycles. The van der Waals surface area contributed by atoms with Gasteiger partial charge in [0, 0.05) is 31.8 Å². The zero-order valence-corrected chi connectivity index (χ0v) is 16.3. The summed E-state index contributed by atoms with van der Waals surface area (Å²) >= 11 is 0. The molecule has 0 bridgehead atoms. The Morgan fingerprint density at radius 1 is 1.14 bits per heavy atom. The van der Waals surface area contributed by atoms with Crippen molar-refractivity contribution in [2.75, 3.05) is 21.2 Å². The molecule has 0 unspecified atom stereocenters. The van der Waals surface area contributed by atoms with Crippen LogP contribution in [0.2, 0.25) is 0 Å². The van der Waals surface area contributed by atoms with Gasteiger partial charge in [0.15, 0.2) is 0 Å². The minimum Gasteiger partial charge on any atom is -0.495 e. The molecule has 0 aliphatic carbocycles. The fourth-order valence-corrected chi connectivity index (χ4v) is 3.43. The molecule has 1 amide bonds. The molecule has 0 fully saturated rings. The molecule has 0 atom stereocenters. The van der Waals surface area contributed by atoms with Crippen LogP contribution < -0.4 is 14.8 Å². The number of carbonyl (C=O) groups excluding carboxylic acids is 1. The Morgan fingerprint density at radius 3 is 2.43 bits per heavy atom. The highest BCUT2D eigenvalue weighted by atomic mass is 32.2. The van der Waals surface area contributed by atoms with Crippen molar-refractivity contribution in [1.82, 2.24) is 9.62 Å². The number of hydrogen-bond donors (Lipinski definition) is 1. The van der Waals surface area contributed by atoms with Crippen LogP contribution in [0.4, 0.5) is 8.78 Å². The van der Waals surface area contributed by atoms with Crippen LogP contribution in [0.15, 0.2) is 47.4 Å². The van der Waals surface area contributed by atoms with Crippen molar-refractivity contribution in [2.45, 2.75) is 18.1 Å². The Bertz CT molecular complexity index is 949. The Hall–Kier alpha value is -2.72. The highest BCUT2D eigenvalue weighted by Gasteiger charge is 2.24. The lowest BCUT2D eigenvalue weighted by Gasteiger charge is -2.16. The van der Waals surface area contributed by atoms with Gasteiger partial charge in [-0.15, -0.1) is 0 Å². The number of methoxy groups -OCH3 is 1. The van der Waals surface area contributed by atoms with Crippen LogP contribution in [0.5, 0.6) is 11.5 Å². The van der Waals surface area contributed by atoms with E-state index in [-0.39, 0.29) is 28.5 Å². The summed E-state index contributed by atoms with van der Waals surface area (Å²) in [6.45, 7) is -3.07. The van der Waals surface area contributed by atoms with Crippen molar-refractivity contribution in [3.05, 3.63) is 53.6 Å². The second kappa shape index (κ2) is 8.98. The van der Waals surface area contributed by atoms with Crippen LogP contribution in [0.1, 0.15) is 15.9 Å². The van der Waals surface area contributed by atoms with Gasteiger partial charge in [0.2, 0.25) is 10.0 Å². The summed E-state index contributed by atoms with van der Waals surface area (Å²) in [5.74, 6) is -0.533. The number of nitrogens with one attached hydrogen (secondary N) is 1. The zero-order valence-electron chi connectivity index (χ0n) is 15.5. The van der Waals surface area contributed by atoms with Crippen molar-refractivity contribution in [3.8, 4) is 11.5 Å². The fourth-order valence-electron chi connectivity index (χ4n) is 2.35. The zero-order chi connectivity index (χ0) is 20.9. The van der Waals surface area contributed by atoms with Crippen molar-refractivity contribution in [1.29, 1.82) is 0 Å². The van der Waals surface area contributed by atoms with Gasteiger partial charge in [-0.05, 0) is 24.3 Å². The molecule has 0 heterocycles. The van der Waals surface area contributed by atoms with E-state index >= 15 is 0 Å². The third-order valence-corrected chi connectivity index (χ3v) is 5.65. The molecule has 0 saturated heterocycles. The lowest BCUT2D eigenvalue weighted by Crippen LogP contribution is -2.25. The van der Waals surface area contributed by atoms with Crippen molar-refractivity contribution < 1.29 is 31.5 Å². The van der Waals surface area contributed by atoms with E-state index < -0.39 is 22.5 Å². The maximum Gasteiger partial charge on any atom is 0.387 e. The van der Waals surface area contributed by atoms with Crippen LogP contribution in [0.3, 0.4) is 0 Å². The minimum atomic E-state index is -3.84. The Balaban J connectivity index is 2.24. The van der Waals surface area contributed by atoms with E-state index in [0.717, 1.165) is 4.31 Å². The number of alkyl halides is 2. The monoisotopic (exact) mass is 414 g/mol. The second-order valence-corrected chi connectivity index (χ2v) is 7.94. The van der Waals surface area contributed by atoms with Gasteiger partial charge in [-0.25, -0.2) is 12.7 Å². The largest absolute Gasteiger partial charge is 0.495 e. The molecule has 0 aromatic heterocycles. The highest BCUT2D eigenvalue weighted by molar-refractivity contribution is 7.89. The Morgan fingerprint density at radius 2 is 1.82 bits per heavy atom. The van der Waals surface area contributed by atoms with Gasteiger partial charge in [0.25, 0.3) is 5.91 Å². The maximum absolute atomic E-state index is 12.5. The van der Waals surface area contributed by atoms with Gasteiger partial charge in [-0.1, -0.05) is 18.2 Å². The quantitative estimate of drug-likeness (QED) is 0.717. The standard InChI is InChI=1S/C18H20F2N2O5S/c1-22(2)28(24,25)16-10-12(8-9-15(16)26-3)17(23)21-11-13-6-4-5-7-14(13)27-18(19)20/h4-10,18H,11H2,1-3H3,(H,21,23). The van der Waals surface area contributed by atoms with Gasteiger partial charge >= 0.3 is 6.61 Å². The van der Waals surface area contributed by atoms with Crippen LogP contribution in [-0.2, 0) is 16.6 Å². The maximum atomic E-state index is 12.5. The molecule has 10 heteroatoms. The van der Waals surface area contributed by atoms with E-state index in [1.54, 1.807) is 6.07 Å². The number of carbonyl (C=O) groups is 1. The molecular weight excluding hydrogens is 394 g/mol. The van der Waals surface area contributed by atoms with Crippen LogP contribution in [0.25, 0.3) is 0 Å². The number of benzene rings is 2. The fraction of sp³-hybridized carbons (Fsp3) is 0.278. The first-order chi connectivity index (χ1) is 13.2. The van der Waals surface area contributed by atoms with Crippen LogP contribution >= 0.6 is 0 Å². The SMILES string of the molecule is COc1ccc(C(=O)NCc2ccccc2OC(F)F)cc1S(=O)(=O)N(C)C. The molecule has 7 nitrogen and oxygen atoms in total. The topological polar surface area (TPSA) is 84.9 Å². The number of amides is 1. The molecule has 0 saturated carbocycles. The number of hydrogen-bond acceptors (Lipinski definition) is 5. The highest BCUT2D eigenvalue weighted by Crippen LogP contribution is 2.27. The van der Waals surface area contributed by atoms with E-state index in [4.69, 9.17) is 4.74 Å².